The highest BCUT2D eigenvalue weighted by atomic mass is 35.5. The fraction of sp³-hybridized carbons (Fsp3) is 0.105. The van der Waals surface area contributed by atoms with Gasteiger partial charge in [0, 0.05) is 23.2 Å². The molecule has 0 bridgehead atoms. The number of para-hydroxylation sites is 1. The maximum absolute atomic E-state index is 12.5. The molecule has 0 aliphatic rings. The van der Waals surface area contributed by atoms with Crippen molar-refractivity contribution in [3.63, 3.8) is 0 Å². The van der Waals surface area contributed by atoms with Crippen molar-refractivity contribution < 1.29 is 9.59 Å². The SMILES string of the molecule is CC(=O)Nc1ccccc1-c1nnc(SCC(=O)Nc2cccc(Cl)c2)[nH]c1=O. The van der Waals surface area contributed by atoms with Crippen molar-refractivity contribution in [2.75, 3.05) is 16.4 Å². The number of halogens is 1. The Kier molecular flexibility index (Phi) is 6.63. The summed E-state index contributed by atoms with van der Waals surface area (Å²) in [6.07, 6.45) is 0. The number of carbonyl (C=O) groups excluding carboxylic acids is 2. The molecule has 0 spiro atoms. The molecular formula is C19H16ClN5O3S. The highest BCUT2D eigenvalue weighted by Crippen LogP contribution is 2.24. The summed E-state index contributed by atoms with van der Waals surface area (Å²) >= 11 is 6.93. The number of nitrogens with one attached hydrogen (secondary N) is 3. The zero-order valence-electron chi connectivity index (χ0n) is 15.2. The molecule has 0 saturated carbocycles. The number of aromatic amines is 1. The highest BCUT2D eigenvalue weighted by Gasteiger charge is 2.13. The Bertz CT molecular complexity index is 1120. The smallest absolute Gasteiger partial charge is 0.278 e. The quantitative estimate of drug-likeness (QED) is 0.518. The Balaban J connectivity index is 1.70. The van der Waals surface area contributed by atoms with Crippen molar-refractivity contribution >= 4 is 46.6 Å². The second kappa shape index (κ2) is 9.35. The molecule has 0 aliphatic carbocycles. The normalized spacial score (nSPS) is 10.4. The topological polar surface area (TPSA) is 117 Å². The first-order valence-corrected chi connectivity index (χ1v) is 9.81. The van der Waals surface area contributed by atoms with Gasteiger partial charge in [-0.05, 0) is 24.3 Å². The van der Waals surface area contributed by atoms with Crippen LogP contribution >= 0.6 is 23.4 Å². The lowest BCUT2D eigenvalue weighted by Crippen LogP contribution is -2.18. The van der Waals surface area contributed by atoms with Gasteiger partial charge in [-0.15, -0.1) is 10.2 Å². The molecule has 3 aromatic rings. The first-order chi connectivity index (χ1) is 13.9. The van der Waals surface area contributed by atoms with Gasteiger partial charge in [0.1, 0.15) is 0 Å². The highest BCUT2D eigenvalue weighted by molar-refractivity contribution is 7.99. The van der Waals surface area contributed by atoms with Crippen LogP contribution in [0.3, 0.4) is 0 Å². The Morgan fingerprint density at radius 3 is 2.62 bits per heavy atom. The van der Waals surface area contributed by atoms with Crippen molar-refractivity contribution in [1.82, 2.24) is 15.2 Å². The zero-order valence-corrected chi connectivity index (χ0v) is 16.8. The van der Waals surface area contributed by atoms with E-state index in [1.165, 1.54) is 6.92 Å². The predicted octanol–water partition coefficient (Wildman–Crippen LogP) is 3.17. The minimum absolute atomic E-state index is 0.0267. The molecule has 148 valence electrons. The maximum Gasteiger partial charge on any atom is 0.278 e. The molecule has 8 nitrogen and oxygen atoms in total. The van der Waals surface area contributed by atoms with E-state index in [2.05, 4.69) is 25.8 Å². The van der Waals surface area contributed by atoms with E-state index in [0.29, 0.717) is 22.0 Å². The number of thioether (sulfide) groups is 1. The Morgan fingerprint density at radius 1 is 1.10 bits per heavy atom. The fourth-order valence-electron chi connectivity index (χ4n) is 2.45. The number of nitrogens with zero attached hydrogens (tertiary/aromatic N) is 2. The first kappa shape index (κ1) is 20.6. The van der Waals surface area contributed by atoms with Gasteiger partial charge in [-0.25, -0.2) is 0 Å². The molecule has 0 fully saturated rings. The summed E-state index contributed by atoms with van der Waals surface area (Å²) in [7, 11) is 0. The number of hydrogen-bond acceptors (Lipinski definition) is 6. The van der Waals surface area contributed by atoms with Crippen LogP contribution in [-0.4, -0.2) is 32.7 Å². The van der Waals surface area contributed by atoms with Crippen LogP contribution in [0.5, 0.6) is 0 Å². The van der Waals surface area contributed by atoms with Gasteiger partial charge in [-0.1, -0.05) is 47.6 Å². The minimum Gasteiger partial charge on any atom is -0.326 e. The van der Waals surface area contributed by atoms with Crippen LogP contribution in [0.2, 0.25) is 5.02 Å². The van der Waals surface area contributed by atoms with E-state index in [1.54, 1.807) is 48.5 Å². The lowest BCUT2D eigenvalue weighted by atomic mass is 10.1. The van der Waals surface area contributed by atoms with E-state index in [1.807, 2.05) is 0 Å². The van der Waals surface area contributed by atoms with E-state index in [9.17, 15) is 14.4 Å². The summed E-state index contributed by atoms with van der Waals surface area (Å²) in [5, 5.41) is 14.0. The lowest BCUT2D eigenvalue weighted by molar-refractivity contribution is -0.114. The van der Waals surface area contributed by atoms with Gasteiger partial charge in [0.2, 0.25) is 11.8 Å². The van der Waals surface area contributed by atoms with Gasteiger partial charge in [-0.2, -0.15) is 0 Å². The number of H-pyrrole nitrogens is 1. The summed E-state index contributed by atoms with van der Waals surface area (Å²) in [6, 6.07) is 13.6. The Morgan fingerprint density at radius 2 is 1.90 bits per heavy atom. The second-order valence-electron chi connectivity index (χ2n) is 5.88. The number of carbonyl (C=O) groups is 2. The summed E-state index contributed by atoms with van der Waals surface area (Å²) in [4.78, 5) is 38.5. The summed E-state index contributed by atoms with van der Waals surface area (Å²) in [5.74, 6) is -0.515. The lowest BCUT2D eigenvalue weighted by Gasteiger charge is -2.08. The van der Waals surface area contributed by atoms with Gasteiger partial charge in [0.05, 0.1) is 11.4 Å². The molecule has 1 aromatic heterocycles. The van der Waals surface area contributed by atoms with Crippen LogP contribution in [0.4, 0.5) is 11.4 Å². The van der Waals surface area contributed by atoms with Crippen LogP contribution in [0, 0.1) is 0 Å². The van der Waals surface area contributed by atoms with Crippen LogP contribution in [-0.2, 0) is 9.59 Å². The molecule has 0 aliphatic heterocycles. The largest absolute Gasteiger partial charge is 0.326 e. The molecule has 0 saturated heterocycles. The van der Waals surface area contributed by atoms with Crippen molar-refractivity contribution in [2.24, 2.45) is 0 Å². The molecule has 2 amide bonds. The zero-order chi connectivity index (χ0) is 20.8. The van der Waals surface area contributed by atoms with E-state index in [-0.39, 0.29) is 28.4 Å². The number of anilines is 2. The molecule has 0 radical (unpaired) electrons. The molecule has 0 atom stereocenters. The predicted molar refractivity (Wildman–Crippen MR) is 113 cm³/mol. The Labute approximate surface area is 175 Å². The van der Waals surface area contributed by atoms with Crippen molar-refractivity contribution in [3.8, 4) is 11.3 Å². The van der Waals surface area contributed by atoms with Crippen LogP contribution in [0.15, 0.2) is 58.5 Å². The minimum atomic E-state index is -0.476. The summed E-state index contributed by atoms with van der Waals surface area (Å²) in [5.41, 5.74) is 1.08. The van der Waals surface area contributed by atoms with Gasteiger partial charge >= 0.3 is 0 Å². The van der Waals surface area contributed by atoms with Crippen molar-refractivity contribution in [1.29, 1.82) is 0 Å². The second-order valence-corrected chi connectivity index (χ2v) is 7.28. The number of hydrogen-bond donors (Lipinski definition) is 3. The van der Waals surface area contributed by atoms with Gasteiger partial charge in [0.25, 0.3) is 5.56 Å². The van der Waals surface area contributed by atoms with E-state index < -0.39 is 5.56 Å². The standard InChI is InChI=1S/C19H16ClN5O3S/c1-11(26)21-15-8-3-2-7-14(15)17-18(28)23-19(25-24-17)29-10-16(27)22-13-6-4-5-12(20)9-13/h2-9H,10H2,1H3,(H,21,26)(H,22,27)(H,23,25,28). The average molecular weight is 430 g/mol. The fourth-order valence-corrected chi connectivity index (χ4v) is 3.24. The third-order valence-corrected chi connectivity index (χ3v) is 4.72. The molecule has 2 aromatic carbocycles. The van der Waals surface area contributed by atoms with E-state index in [4.69, 9.17) is 11.6 Å². The molecule has 29 heavy (non-hydrogen) atoms. The summed E-state index contributed by atoms with van der Waals surface area (Å²) < 4.78 is 0. The van der Waals surface area contributed by atoms with E-state index >= 15 is 0 Å². The van der Waals surface area contributed by atoms with Gasteiger partial charge in [0.15, 0.2) is 10.9 Å². The molecular weight excluding hydrogens is 414 g/mol. The molecule has 0 unspecified atom stereocenters. The average Bonchev–Trinajstić information content (AvgIpc) is 2.67. The van der Waals surface area contributed by atoms with Gasteiger partial charge in [-0.3, -0.25) is 19.4 Å². The monoisotopic (exact) mass is 429 g/mol. The van der Waals surface area contributed by atoms with Crippen molar-refractivity contribution in [3.05, 3.63) is 63.9 Å². The van der Waals surface area contributed by atoms with Crippen LogP contribution < -0.4 is 16.2 Å². The number of amides is 2. The van der Waals surface area contributed by atoms with E-state index in [0.717, 1.165) is 11.8 Å². The third-order valence-electron chi connectivity index (χ3n) is 3.62. The first-order valence-electron chi connectivity index (χ1n) is 8.44. The van der Waals surface area contributed by atoms with Gasteiger partial charge < -0.3 is 10.6 Å². The van der Waals surface area contributed by atoms with Crippen LogP contribution in [0.1, 0.15) is 6.92 Å². The number of aromatic nitrogens is 3. The third kappa shape index (κ3) is 5.66. The van der Waals surface area contributed by atoms with Crippen LogP contribution in [0.25, 0.3) is 11.3 Å². The number of rotatable bonds is 6. The Hall–Kier alpha value is -3.17. The maximum atomic E-state index is 12.5. The molecule has 1 heterocycles. The molecule has 10 heteroatoms. The molecule has 3 N–H and O–H groups in total. The summed E-state index contributed by atoms with van der Waals surface area (Å²) in [6.45, 7) is 1.38. The molecule has 3 rings (SSSR count). The van der Waals surface area contributed by atoms with Crippen molar-refractivity contribution in [2.45, 2.75) is 12.1 Å². The number of benzene rings is 2.